The Kier molecular flexibility index (Phi) is 5.48. The molecule has 3 heterocycles. The number of hydrogen-bond acceptors (Lipinski definition) is 5. The molecule has 1 fully saturated rings. The van der Waals surface area contributed by atoms with E-state index in [9.17, 15) is 9.18 Å². The number of nitrogen functional groups attached to an aromatic ring is 1. The molecule has 0 unspecified atom stereocenters. The second kappa shape index (κ2) is 8.74. The van der Waals surface area contributed by atoms with Crippen molar-refractivity contribution < 1.29 is 9.18 Å². The molecule has 33 heavy (non-hydrogen) atoms. The van der Waals surface area contributed by atoms with E-state index in [0.29, 0.717) is 43.3 Å². The Balaban J connectivity index is 1.34. The van der Waals surface area contributed by atoms with E-state index in [1.165, 1.54) is 6.07 Å². The van der Waals surface area contributed by atoms with Gasteiger partial charge in [-0.15, -0.1) is 0 Å². The van der Waals surface area contributed by atoms with Gasteiger partial charge in [-0.05, 0) is 23.8 Å². The lowest BCUT2D eigenvalue weighted by Crippen LogP contribution is -2.49. The van der Waals surface area contributed by atoms with E-state index in [-0.39, 0.29) is 17.7 Å². The van der Waals surface area contributed by atoms with Crippen LogP contribution in [-0.4, -0.2) is 51.9 Å². The number of carbonyl (C=O) groups is 1. The summed E-state index contributed by atoms with van der Waals surface area (Å²) in [5.41, 5.74) is 10.1. The predicted octanol–water partition coefficient (Wildman–Crippen LogP) is 3.82. The van der Waals surface area contributed by atoms with Crippen molar-refractivity contribution >= 4 is 17.5 Å². The van der Waals surface area contributed by atoms with E-state index in [4.69, 9.17) is 5.73 Å². The van der Waals surface area contributed by atoms with Gasteiger partial charge >= 0.3 is 0 Å². The lowest BCUT2D eigenvalue weighted by atomic mass is 10.0. The molecule has 0 saturated carbocycles. The molecule has 1 amide bonds. The van der Waals surface area contributed by atoms with Gasteiger partial charge in [0.05, 0.1) is 11.4 Å². The monoisotopic (exact) mass is 442 g/mol. The maximum atomic E-state index is 14.1. The van der Waals surface area contributed by atoms with Crippen LogP contribution in [0.25, 0.3) is 22.4 Å². The SMILES string of the molecule is Nc1ncc(-c2ccccc2)c(-c2c[nH]c(C(=O)N3CCN(c4ccccc4F)CC3)c2)n1. The number of aromatic nitrogens is 3. The van der Waals surface area contributed by atoms with Crippen LogP contribution in [0.15, 0.2) is 73.1 Å². The fourth-order valence-corrected chi connectivity index (χ4v) is 4.13. The maximum Gasteiger partial charge on any atom is 0.270 e. The molecule has 0 spiro atoms. The van der Waals surface area contributed by atoms with Gasteiger partial charge in [0.15, 0.2) is 0 Å². The molecule has 1 aliphatic heterocycles. The number of benzene rings is 2. The molecule has 5 rings (SSSR count). The van der Waals surface area contributed by atoms with E-state index in [1.54, 1.807) is 35.5 Å². The smallest absolute Gasteiger partial charge is 0.270 e. The first-order valence-electron chi connectivity index (χ1n) is 10.8. The van der Waals surface area contributed by atoms with Gasteiger partial charge in [0, 0.05) is 49.7 Å². The Morgan fingerprint density at radius 2 is 1.70 bits per heavy atom. The molecule has 7 nitrogen and oxygen atoms in total. The summed E-state index contributed by atoms with van der Waals surface area (Å²) in [7, 11) is 0. The molecule has 0 bridgehead atoms. The Labute approximate surface area is 190 Å². The molecule has 0 atom stereocenters. The average molecular weight is 442 g/mol. The third-order valence-electron chi connectivity index (χ3n) is 5.84. The van der Waals surface area contributed by atoms with Gasteiger partial charge in [-0.1, -0.05) is 42.5 Å². The standard InChI is InChI=1S/C25H23FN6O/c26-20-8-4-5-9-22(20)31-10-12-32(13-11-31)24(33)21-14-18(15-28-21)23-19(16-29-25(27)30-23)17-6-2-1-3-7-17/h1-9,14-16,28H,10-13H2,(H2,27,29,30). The highest BCUT2D eigenvalue weighted by atomic mass is 19.1. The number of hydrogen-bond donors (Lipinski definition) is 2. The molecule has 3 N–H and O–H groups in total. The number of anilines is 2. The van der Waals surface area contributed by atoms with Crippen LogP contribution in [0.2, 0.25) is 0 Å². The molecular weight excluding hydrogens is 419 g/mol. The Hall–Kier alpha value is -4.20. The topological polar surface area (TPSA) is 91.1 Å². The number of nitrogens with zero attached hydrogens (tertiary/aromatic N) is 4. The van der Waals surface area contributed by atoms with Crippen molar-refractivity contribution in [2.45, 2.75) is 0 Å². The van der Waals surface area contributed by atoms with Crippen molar-refractivity contribution in [2.24, 2.45) is 0 Å². The van der Waals surface area contributed by atoms with Crippen molar-refractivity contribution in [3.8, 4) is 22.4 Å². The molecule has 1 saturated heterocycles. The minimum absolute atomic E-state index is 0.0993. The van der Waals surface area contributed by atoms with E-state index in [1.807, 2.05) is 41.3 Å². The summed E-state index contributed by atoms with van der Waals surface area (Å²) >= 11 is 0. The zero-order chi connectivity index (χ0) is 22.8. The highest BCUT2D eigenvalue weighted by Crippen LogP contribution is 2.31. The number of piperazine rings is 1. The molecular formula is C25H23FN6O. The minimum Gasteiger partial charge on any atom is -0.368 e. The van der Waals surface area contributed by atoms with Crippen molar-refractivity contribution in [2.75, 3.05) is 36.8 Å². The maximum absolute atomic E-state index is 14.1. The molecule has 4 aromatic rings. The summed E-state index contributed by atoms with van der Waals surface area (Å²) in [5, 5.41) is 0. The van der Waals surface area contributed by atoms with Gasteiger partial charge in [0.25, 0.3) is 5.91 Å². The Bertz CT molecular complexity index is 1280. The zero-order valence-electron chi connectivity index (χ0n) is 17.9. The molecule has 0 radical (unpaired) electrons. The minimum atomic E-state index is -0.246. The molecule has 1 aliphatic rings. The number of para-hydroxylation sites is 1. The van der Waals surface area contributed by atoms with Gasteiger partial charge in [-0.2, -0.15) is 0 Å². The van der Waals surface area contributed by atoms with Crippen molar-refractivity contribution in [3.05, 3.63) is 84.6 Å². The third kappa shape index (κ3) is 4.15. The number of aromatic amines is 1. The first-order chi connectivity index (χ1) is 16.1. The lowest BCUT2D eigenvalue weighted by molar-refractivity contribution is 0.0741. The van der Waals surface area contributed by atoms with E-state index in [0.717, 1.165) is 16.7 Å². The van der Waals surface area contributed by atoms with Crippen molar-refractivity contribution in [1.82, 2.24) is 19.9 Å². The van der Waals surface area contributed by atoms with Gasteiger partial charge in [-0.25, -0.2) is 14.4 Å². The summed E-state index contributed by atoms with van der Waals surface area (Å²) in [4.78, 5) is 28.5. The van der Waals surface area contributed by atoms with Crippen LogP contribution >= 0.6 is 0 Å². The quantitative estimate of drug-likeness (QED) is 0.501. The van der Waals surface area contributed by atoms with Gasteiger partial charge < -0.3 is 20.5 Å². The summed E-state index contributed by atoms with van der Waals surface area (Å²) in [6.07, 6.45) is 3.46. The van der Waals surface area contributed by atoms with Crippen LogP contribution in [0.3, 0.4) is 0 Å². The molecule has 2 aromatic carbocycles. The van der Waals surface area contributed by atoms with Crippen LogP contribution in [0.4, 0.5) is 16.0 Å². The first kappa shape index (κ1) is 20.7. The fraction of sp³-hybridized carbons (Fsp3) is 0.160. The summed E-state index contributed by atoms with van der Waals surface area (Å²) < 4.78 is 14.1. The van der Waals surface area contributed by atoms with E-state index >= 15 is 0 Å². The summed E-state index contributed by atoms with van der Waals surface area (Å²) in [6.45, 7) is 2.16. The second-order valence-corrected chi connectivity index (χ2v) is 7.89. The average Bonchev–Trinajstić information content (AvgIpc) is 3.35. The number of rotatable bonds is 4. The number of carbonyl (C=O) groups excluding carboxylic acids is 1. The molecule has 8 heteroatoms. The van der Waals surface area contributed by atoms with Crippen molar-refractivity contribution in [3.63, 3.8) is 0 Å². The number of H-pyrrole nitrogens is 1. The molecule has 166 valence electrons. The fourth-order valence-electron chi connectivity index (χ4n) is 4.13. The third-order valence-corrected chi connectivity index (χ3v) is 5.84. The predicted molar refractivity (Wildman–Crippen MR) is 126 cm³/mol. The lowest BCUT2D eigenvalue weighted by Gasteiger charge is -2.36. The van der Waals surface area contributed by atoms with Gasteiger partial charge in [0.1, 0.15) is 11.5 Å². The number of amides is 1. The van der Waals surface area contributed by atoms with Gasteiger partial charge in [0.2, 0.25) is 5.95 Å². The molecule has 0 aliphatic carbocycles. The van der Waals surface area contributed by atoms with Crippen LogP contribution in [0.1, 0.15) is 10.5 Å². The highest BCUT2D eigenvalue weighted by molar-refractivity contribution is 5.95. The van der Waals surface area contributed by atoms with Gasteiger partial charge in [-0.3, -0.25) is 4.79 Å². The number of nitrogens with one attached hydrogen (secondary N) is 1. The van der Waals surface area contributed by atoms with Crippen LogP contribution < -0.4 is 10.6 Å². The Morgan fingerprint density at radius 1 is 0.970 bits per heavy atom. The Morgan fingerprint density at radius 3 is 2.45 bits per heavy atom. The van der Waals surface area contributed by atoms with Crippen LogP contribution in [0.5, 0.6) is 0 Å². The number of nitrogens with two attached hydrogens (primary N) is 1. The largest absolute Gasteiger partial charge is 0.368 e. The van der Waals surface area contributed by atoms with E-state index in [2.05, 4.69) is 15.0 Å². The normalized spacial score (nSPS) is 13.8. The zero-order valence-corrected chi connectivity index (χ0v) is 17.9. The van der Waals surface area contributed by atoms with Crippen molar-refractivity contribution in [1.29, 1.82) is 0 Å². The first-order valence-corrected chi connectivity index (χ1v) is 10.8. The highest BCUT2D eigenvalue weighted by Gasteiger charge is 2.25. The van der Waals surface area contributed by atoms with E-state index < -0.39 is 0 Å². The second-order valence-electron chi connectivity index (χ2n) is 7.89. The molecule has 2 aromatic heterocycles. The summed E-state index contributed by atoms with van der Waals surface area (Å²) in [6, 6.07) is 18.3. The number of halogens is 1. The summed E-state index contributed by atoms with van der Waals surface area (Å²) in [5.74, 6) is -0.176. The van der Waals surface area contributed by atoms with Crippen LogP contribution in [0, 0.1) is 5.82 Å². The van der Waals surface area contributed by atoms with Crippen LogP contribution in [-0.2, 0) is 0 Å².